The standard InChI is InChI=1S/C17H20N4O2/c1-3-13(10-12-6-4-11(2)5-7-12)21-17(23)15-14(16(18)22)19-8-9-20-15/h4-9,13H,3,10H2,1-2H3,(H2,18,22)(H,21,23)/t13-/m1/s1. The first-order valence-electron chi connectivity index (χ1n) is 7.48. The third-order valence-electron chi connectivity index (χ3n) is 3.58. The van der Waals surface area contributed by atoms with Gasteiger partial charge in [0.15, 0.2) is 11.4 Å². The maximum Gasteiger partial charge on any atom is 0.272 e. The lowest BCUT2D eigenvalue weighted by atomic mass is 10.0. The molecule has 2 amide bonds. The normalized spacial score (nSPS) is 11.7. The van der Waals surface area contributed by atoms with Crippen molar-refractivity contribution >= 4 is 11.8 Å². The number of benzene rings is 1. The van der Waals surface area contributed by atoms with Gasteiger partial charge >= 0.3 is 0 Å². The van der Waals surface area contributed by atoms with Crippen LogP contribution in [0.2, 0.25) is 0 Å². The Kier molecular flexibility index (Phi) is 5.41. The smallest absolute Gasteiger partial charge is 0.272 e. The Morgan fingerprint density at radius 1 is 1.13 bits per heavy atom. The molecule has 0 aliphatic carbocycles. The first-order valence-corrected chi connectivity index (χ1v) is 7.48. The second-order valence-electron chi connectivity index (χ2n) is 5.39. The van der Waals surface area contributed by atoms with Crippen molar-refractivity contribution in [3.63, 3.8) is 0 Å². The number of carbonyl (C=O) groups excluding carboxylic acids is 2. The second-order valence-corrected chi connectivity index (χ2v) is 5.39. The van der Waals surface area contributed by atoms with Crippen molar-refractivity contribution in [2.24, 2.45) is 5.73 Å². The number of hydrogen-bond donors (Lipinski definition) is 2. The van der Waals surface area contributed by atoms with Gasteiger partial charge in [0, 0.05) is 18.4 Å². The number of nitrogens with one attached hydrogen (secondary N) is 1. The lowest BCUT2D eigenvalue weighted by Crippen LogP contribution is -2.37. The van der Waals surface area contributed by atoms with Crippen LogP contribution in [0.25, 0.3) is 0 Å². The van der Waals surface area contributed by atoms with E-state index in [1.807, 2.05) is 38.1 Å². The van der Waals surface area contributed by atoms with E-state index in [0.717, 1.165) is 12.0 Å². The largest absolute Gasteiger partial charge is 0.364 e. The van der Waals surface area contributed by atoms with Gasteiger partial charge < -0.3 is 11.1 Å². The molecule has 6 heteroatoms. The van der Waals surface area contributed by atoms with Crippen LogP contribution in [-0.4, -0.2) is 27.8 Å². The molecule has 1 aromatic heterocycles. The molecule has 0 radical (unpaired) electrons. The summed E-state index contributed by atoms with van der Waals surface area (Å²) in [4.78, 5) is 31.5. The van der Waals surface area contributed by atoms with Crippen molar-refractivity contribution < 1.29 is 9.59 Å². The minimum absolute atomic E-state index is 0.0395. The summed E-state index contributed by atoms with van der Waals surface area (Å²) in [5.74, 6) is -1.21. The highest BCUT2D eigenvalue weighted by molar-refractivity contribution is 6.04. The van der Waals surface area contributed by atoms with E-state index in [-0.39, 0.29) is 17.4 Å². The fourth-order valence-corrected chi connectivity index (χ4v) is 2.24. The van der Waals surface area contributed by atoms with E-state index in [4.69, 9.17) is 5.73 Å². The number of nitrogens with two attached hydrogens (primary N) is 1. The lowest BCUT2D eigenvalue weighted by molar-refractivity contribution is 0.0913. The summed E-state index contributed by atoms with van der Waals surface area (Å²) < 4.78 is 0. The Morgan fingerprint density at radius 3 is 2.30 bits per heavy atom. The molecule has 0 fully saturated rings. The summed E-state index contributed by atoms with van der Waals surface area (Å²) in [5.41, 5.74) is 7.40. The molecule has 0 aliphatic rings. The SMILES string of the molecule is CC[C@H](Cc1ccc(C)cc1)NC(=O)c1nccnc1C(N)=O. The van der Waals surface area contributed by atoms with Gasteiger partial charge in [0.1, 0.15) is 0 Å². The highest BCUT2D eigenvalue weighted by atomic mass is 16.2. The topological polar surface area (TPSA) is 98.0 Å². The van der Waals surface area contributed by atoms with Crippen LogP contribution in [0.3, 0.4) is 0 Å². The molecule has 1 atom stereocenters. The summed E-state index contributed by atoms with van der Waals surface area (Å²) in [6.07, 6.45) is 4.16. The Labute approximate surface area is 135 Å². The van der Waals surface area contributed by atoms with Crippen LogP contribution in [0.5, 0.6) is 0 Å². The predicted molar refractivity (Wildman–Crippen MR) is 87.0 cm³/mol. The van der Waals surface area contributed by atoms with Crippen LogP contribution >= 0.6 is 0 Å². The first-order chi connectivity index (χ1) is 11.0. The molecule has 3 N–H and O–H groups in total. The van der Waals surface area contributed by atoms with Crippen molar-refractivity contribution in [3.05, 3.63) is 59.2 Å². The van der Waals surface area contributed by atoms with Gasteiger partial charge in [-0.2, -0.15) is 0 Å². The molecule has 23 heavy (non-hydrogen) atoms. The van der Waals surface area contributed by atoms with E-state index in [1.165, 1.54) is 18.0 Å². The molecule has 2 aromatic rings. The van der Waals surface area contributed by atoms with Crippen molar-refractivity contribution in [1.82, 2.24) is 15.3 Å². The van der Waals surface area contributed by atoms with E-state index in [1.54, 1.807) is 0 Å². The van der Waals surface area contributed by atoms with Crippen LogP contribution in [0.1, 0.15) is 45.4 Å². The molecular weight excluding hydrogens is 292 g/mol. The minimum Gasteiger partial charge on any atom is -0.364 e. The Hall–Kier alpha value is -2.76. The van der Waals surface area contributed by atoms with E-state index in [0.29, 0.717) is 6.42 Å². The number of aryl methyl sites for hydroxylation is 1. The number of aromatic nitrogens is 2. The molecular formula is C17H20N4O2. The zero-order valence-electron chi connectivity index (χ0n) is 13.2. The molecule has 2 rings (SSSR count). The van der Waals surface area contributed by atoms with E-state index in [9.17, 15) is 9.59 Å². The van der Waals surface area contributed by atoms with E-state index >= 15 is 0 Å². The van der Waals surface area contributed by atoms with E-state index < -0.39 is 11.8 Å². The van der Waals surface area contributed by atoms with Crippen LogP contribution in [0, 0.1) is 6.92 Å². The molecule has 0 saturated heterocycles. The van der Waals surface area contributed by atoms with Gasteiger partial charge in [-0.05, 0) is 25.3 Å². The average molecular weight is 312 g/mol. The number of nitrogens with zero attached hydrogens (tertiary/aromatic N) is 2. The van der Waals surface area contributed by atoms with Gasteiger partial charge in [-0.1, -0.05) is 36.8 Å². The highest BCUT2D eigenvalue weighted by Gasteiger charge is 2.20. The average Bonchev–Trinajstić information content (AvgIpc) is 2.56. The van der Waals surface area contributed by atoms with Crippen molar-refractivity contribution in [3.8, 4) is 0 Å². The molecule has 1 aromatic carbocycles. The van der Waals surface area contributed by atoms with Gasteiger partial charge in [-0.3, -0.25) is 9.59 Å². The lowest BCUT2D eigenvalue weighted by Gasteiger charge is -2.17. The van der Waals surface area contributed by atoms with Crippen molar-refractivity contribution in [1.29, 1.82) is 0 Å². The maximum absolute atomic E-state index is 12.4. The van der Waals surface area contributed by atoms with Crippen molar-refractivity contribution in [2.75, 3.05) is 0 Å². The number of hydrogen-bond acceptors (Lipinski definition) is 4. The molecule has 120 valence electrons. The quantitative estimate of drug-likeness (QED) is 0.847. The van der Waals surface area contributed by atoms with Crippen molar-refractivity contribution in [2.45, 2.75) is 32.7 Å². The Balaban J connectivity index is 2.11. The number of primary amides is 1. The number of amides is 2. The molecule has 0 bridgehead atoms. The van der Waals surface area contributed by atoms with Crippen LogP contribution in [0.4, 0.5) is 0 Å². The Morgan fingerprint density at radius 2 is 1.74 bits per heavy atom. The monoisotopic (exact) mass is 312 g/mol. The third kappa shape index (κ3) is 4.35. The van der Waals surface area contributed by atoms with Crippen LogP contribution < -0.4 is 11.1 Å². The molecule has 0 spiro atoms. The molecule has 6 nitrogen and oxygen atoms in total. The molecule has 0 aliphatic heterocycles. The van der Waals surface area contributed by atoms with Gasteiger partial charge in [0.05, 0.1) is 0 Å². The zero-order valence-corrected chi connectivity index (χ0v) is 13.2. The fraction of sp³-hybridized carbons (Fsp3) is 0.294. The minimum atomic E-state index is -0.769. The number of carbonyl (C=O) groups is 2. The zero-order chi connectivity index (χ0) is 16.8. The molecule has 0 saturated carbocycles. The van der Waals surface area contributed by atoms with Crippen LogP contribution in [0.15, 0.2) is 36.7 Å². The summed E-state index contributed by atoms with van der Waals surface area (Å²) in [6, 6.07) is 8.10. The van der Waals surface area contributed by atoms with Crippen LogP contribution in [-0.2, 0) is 6.42 Å². The predicted octanol–water partition coefficient (Wildman–Crippen LogP) is 1.64. The maximum atomic E-state index is 12.4. The third-order valence-corrected chi connectivity index (χ3v) is 3.58. The summed E-state index contributed by atoms with van der Waals surface area (Å²) in [5, 5.41) is 2.89. The summed E-state index contributed by atoms with van der Waals surface area (Å²) in [7, 11) is 0. The van der Waals surface area contributed by atoms with Gasteiger partial charge in [0.25, 0.3) is 11.8 Å². The van der Waals surface area contributed by atoms with Gasteiger partial charge in [0.2, 0.25) is 0 Å². The Bertz CT molecular complexity index is 698. The van der Waals surface area contributed by atoms with E-state index in [2.05, 4.69) is 15.3 Å². The molecule has 0 unspecified atom stereocenters. The molecule has 1 heterocycles. The van der Waals surface area contributed by atoms with Gasteiger partial charge in [-0.25, -0.2) is 9.97 Å². The first kappa shape index (κ1) is 16.6. The fourth-order valence-electron chi connectivity index (χ4n) is 2.24. The number of rotatable bonds is 6. The van der Waals surface area contributed by atoms with Gasteiger partial charge in [-0.15, -0.1) is 0 Å². The second kappa shape index (κ2) is 7.49. The summed E-state index contributed by atoms with van der Waals surface area (Å²) >= 11 is 0. The highest BCUT2D eigenvalue weighted by Crippen LogP contribution is 2.09. The summed E-state index contributed by atoms with van der Waals surface area (Å²) in [6.45, 7) is 4.02.